The summed E-state index contributed by atoms with van der Waals surface area (Å²) in [5.41, 5.74) is 6.90. The molecule has 0 heterocycles. The van der Waals surface area contributed by atoms with E-state index in [0.29, 0.717) is 0 Å². The van der Waals surface area contributed by atoms with E-state index >= 15 is 0 Å². The lowest BCUT2D eigenvalue weighted by molar-refractivity contribution is 0.640. The van der Waals surface area contributed by atoms with Crippen molar-refractivity contribution < 1.29 is 0 Å². The van der Waals surface area contributed by atoms with Gasteiger partial charge in [-0.1, -0.05) is 86.2 Å². The first kappa shape index (κ1) is 13.9. The van der Waals surface area contributed by atoms with Crippen molar-refractivity contribution in [1.82, 2.24) is 0 Å². The zero-order chi connectivity index (χ0) is 14.9. The summed E-state index contributed by atoms with van der Waals surface area (Å²) in [6, 6.07) is 19.5. The molecule has 0 nitrogen and oxygen atoms in total. The lowest BCUT2D eigenvalue weighted by Crippen LogP contribution is -2.18. The minimum atomic E-state index is 0.0581. The zero-order valence-electron chi connectivity index (χ0n) is 13.1. The molecule has 2 aromatic carbocycles. The van der Waals surface area contributed by atoms with E-state index in [-0.39, 0.29) is 5.41 Å². The van der Waals surface area contributed by atoms with Crippen molar-refractivity contribution in [3.05, 3.63) is 83.5 Å². The van der Waals surface area contributed by atoms with Gasteiger partial charge in [-0.05, 0) is 35.6 Å². The highest BCUT2D eigenvalue weighted by Crippen LogP contribution is 2.37. The van der Waals surface area contributed by atoms with E-state index in [0.717, 1.165) is 6.42 Å². The molecule has 0 heteroatoms. The summed E-state index contributed by atoms with van der Waals surface area (Å²) in [5.74, 6) is 0. The summed E-state index contributed by atoms with van der Waals surface area (Å²) in [4.78, 5) is 0. The second kappa shape index (κ2) is 5.37. The van der Waals surface area contributed by atoms with Gasteiger partial charge in [-0.3, -0.25) is 0 Å². The van der Waals surface area contributed by atoms with Crippen LogP contribution in [0.4, 0.5) is 0 Å². The molecule has 0 aromatic heterocycles. The minimum Gasteiger partial charge on any atom is -0.0764 e. The quantitative estimate of drug-likeness (QED) is 0.653. The average Bonchev–Trinajstić information content (AvgIpc) is 2.96. The van der Waals surface area contributed by atoms with Gasteiger partial charge in [0.05, 0.1) is 0 Å². The van der Waals surface area contributed by atoms with Crippen LogP contribution in [0.25, 0.3) is 11.1 Å². The molecule has 1 aliphatic carbocycles. The normalized spacial score (nSPS) is 14.8. The van der Waals surface area contributed by atoms with Crippen LogP contribution in [0.2, 0.25) is 0 Å². The van der Waals surface area contributed by atoms with E-state index in [1.54, 1.807) is 0 Å². The fourth-order valence-corrected chi connectivity index (χ4v) is 2.97. The first-order valence-electron chi connectivity index (χ1n) is 7.61. The first-order chi connectivity index (χ1) is 10.1. The standard InChI is InChI=1S/C21H22/c1-16-12-13-20(14-16)21(2,3)19-11-7-10-18(15-19)17-8-5-4-6-9-17/h4-11,13-15H,12H2,1-3H3. The topological polar surface area (TPSA) is 0 Å². The Hall–Kier alpha value is -2.08. The Labute approximate surface area is 127 Å². The van der Waals surface area contributed by atoms with Gasteiger partial charge in [0.2, 0.25) is 0 Å². The van der Waals surface area contributed by atoms with Crippen LogP contribution in [-0.4, -0.2) is 0 Å². The van der Waals surface area contributed by atoms with E-state index in [9.17, 15) is 0 Å². The van der Waals surface area contributed by atoms with Crippen molar-refractivity contribution in [2.75, 3.05) is 0 Å². The molecular formula is C21H22. The number of hydrogen-bond acceptors (Lipinski definition) is 0. The van der Waals surface area contributed by atoms with E-state index in [1.165, 1.54) is 27.8 Å². The van der Waals surface area contributed by atoms with Crippen LogP contribution in [0.1, 0.15) is 32.8 Å². The van der Waals surface area contributed by atoms with Crippen molar-refractivity contribution in [3.8, 4) is 11.1 Å². The first-order valence-corrected chi connectivity index (χ1v) is 7.61. The zero-order valence-corrected chi connectivity index (χ0v) is 13.1. The molecule has 2 aromatic rings. The molecule has 0 saturated heterocycles. The Morgan fingerprint density at radius 3 is 2.24 bits per heavy atom. The van der Waals surface area contributed by atoms with E-state index < -0.39 is 0 Å². The van der Waals surface area contributed by atoms with Gasteiger partial charge in [0.15, 0.2) is 0 Å². The Bertz CT molecular complexity index is 700. The van der Waals surface area contributed by atoms with Gasteiger partial charge < -0.3 is 0 Å². The Morgan fingerprint density at radius 2 is 1.57 bits per heavy atom. The molecular weight excluding hydrogens is 252 g/mol. The Kier molecular flexibility index (Phi) is 3.55. The lowest BCUT2D eigenvalue weighted by Gasteiger charge is -2.27. The van der Waals surface area contributed by atoms with E-state index in [2.05, 4.69) is 87.5 Å². The largest absolute Gasteiger partial charge is 0.0764 e. The molecule has 0 N–H and O–H groups in total. The molecule has 0 unspecified atom stereocenters. The van der Waals surface area contributed by atoms with E-state index in [1.807, 2.05) is 0 Å². The third-order valence-electron chi connectivity index (χ3n) is 4.46. The van der Waals surface area contributed by atoms with Crippen LogP contribution in [0.15, 0.2) is 77.9 Å². The lowest BCUT2D eigenvalue weighted by atomic mass is 9.77. The predicted octanol–water partition coefficient (Wildman–Crippen LogP) is 5.91. The maximum Gasteiger partial charge on any atom is 0.0143 e. The molecule has 0 bridgehead atoms. The molecule has 0 aliphatic heterocycles. The smallest absolute Gasteiger partial charge is 0.0143 e. The highest BCUT2D eigenvalue weighted by Gasteiger charge is 2.26. The van der Waals surface area contributed by atoms with Gasteiger partial charge in [-0.25, -0.2) is 0 Å². The summed E-state index contributed by atoms with van der Waals surface area (Å²) in [5, 5.41) is 0. The molecule has 0 amide bonds. The molecule has 21 heavy (non-hydrogen) atoms. The summed E-state index contributed by atoms with van der Waals surface area (Å²) < 4.78 is 0. The maximum absolute atomic E-state index is 2.37. The van der Waals surface area contributed by atoms with Crippen LogP contribution in [-0.2, 0) is 5.41 Å². The van der Waals surface area contributed by atoms with Crippen LogP contribution >= 0.6 is 0 Å². The van der Waals surface area contributed by atoms with Crippen molar-refractivity contribution in [2.24, 2.45) is 0 Å². The van der Waals surface area contributed by atoms with Crippen molar-refractivity contribution >= 4 is 0 Å². The fraction of sp³-hybridized carbons (Fsp3) is 0.238. The van der Waals surface area contributed by atoms with Gasteiger partial charge >= 0.3 is 0 Å². The van der Waals surface area contributed by atoms with Crippen LogP contribution in [0, 0.1) is 0 Å². The minimum absolute atomic E-state index is 0.0581. The average molecular weight is 274 g/mol. The van der Waals surface area contributed by atoms with Gasteiger partial charge in [-0.2, -0.15) is 0 Å². The summed E-state index contributed by atoms with van der Waals surface area (Å²) >= 11 is 0. The fourth-order valence-electron chi connectivity index (χ4n) is 2.97. The number of benzene rings is 2. The van der Waals surface area contributed by atoms with Gasteiger partial charge in [0, 0.05) is 5.41 Å². The maximum atomic E-state index is 2.37. The second-order valence-electron chi connectivity index (χ2n) is 6.43. The summed E-state index contributed by atoms with van der Waals surface area (Å²) in [6.45, 7) is 6.84. The molecule has 1 aliphatic rings. The summed E-state index contributed by atoms with van der Waals surface area (Å²) in [6.07, 6.45) is 5.80. The Balaban J connectivity index is 2.00. The van der Waals surface area contributed by atoms with E-state index in [4.69, 9.17) is 0 Å². The van der Waals surface area contributed by atoms with Crippen LogP contribution < -0.4 is 0 Å². The van der Waals surface area contributed by atoms with Crippen molar-refractivity contribution in [1.29, 1.82) is 0 Å². The molecule has 0 radical (unpaired) electrons. The highest BCUT2D eigenvalue weighted by atomic mass is 14.3. The molecule has 3 rings (SSSR count). The van der Waals surface area contributed by atoms with Crippen LogP contribution in [0.5, 0.6) is 0 Å². The number of hydrogen-bond donors (Lipinski definition) is 0. The molecule has 106 valence electrons. The van der Waals surface area contributed by atoms with Crippen LogP contribution in [0.3, 0.4) is 0 Å². The highest BCUT2D eigenvalue weighted by molar-refractivity contribution is 5.65. The van der Waals surface area contributed by atoms with Gasteiger partial charge in [0.1, 0.15) is 0 Å². The van der Waals surface area contributed by atoms with Gasteiger partial charge in [-0.15, -0.1) is 0 Å². The SMILES string of the molecule is CC1=CC(C(C)(C)c2cccc(-c3ccccc3)c2)=CC1. The van der Waals surface area contributed by atoms with Crippen molar-refractivity contribution in [3.63, 3.8) is 0 Å². The molecule has 0 saturated carbocycles. The second-order valence-corrected chi connectivity index (χ2v) is 6.43. The van der Waals surface area contributed by atoms with Gasteiger partial charge in [0.25, 0.3) is 0 Å². The molecule has 0 spiro atoms. The molecule has 0 fully saturated rings. The van der Waals surface area contributed by atoms with Crippen molar-refractivity contribution in [2.45, 2.75) is 32.6 Å². The summed E-state index contributed by atoms with van der Waals surface area (Å²) in [7, 11) is 0. The number of allylic oxidation sites excluding steroid dienone is 4. The third kappa shape index (κ3) is 2.71. The predicted molar refractivity (Wildman–Crippen MR) is 91.4 cm³/mol. The molecule has 0 atom stereocenters. The monoisotopic (exact) mass is 274 g/mol. The Morgan fingerprint density at radius 1 is 0.857 bits per heavy atom. The number of rotatable bonds is 3. The third-order valence-corrected chi connectivity index (χ3v) is 4.46.